The van der Waals surface area contributed by atoms with Gasteiger partial charge < -0.3 is 5.32 Å². The predicted octanol–water partition coefficient (Wildman–Crippen LogP) is 0.757. The molecule has 1 atom stereocenters. The Morgan fingerprint density at radius 2 is 1.67 bits per heavy atom. The van der Waals surface area contributed by atoms with Gasteiger partial charge in [0.25, 0.3) is 0 Å². The number of hydrogen-bond donors (Lipinski definition) is 1. The van der Waals surface area contributed by atoms with Crippen LogP contribution in [0.2, 0.25) is 0 Å². The molecule has 0 radical (unpaired) electrons. The summed E-state index contributed by atoms with van der Waals surface area (Å²) in [4.78, 5) is 0. The molecule has 36 valence electrons. The van der Waals surface area contributed by atoms with Crippen molar-refractivity contribution in [2.45, 2.75) is 32.4 Å². The summed E-state index contributed by atoms with van der Waals surface area (Å²) < 4.78 is 0. The van der Waals surface area contributed by atoms with Crippen LogP contribution in [-0.4, -0.2) is 11.6 Å². The fourth-order valence-corrected chi connectivity index (χ4v) is 0.516. The first-order valence-corrected chi connectivity index (χ1v) is 2.40. The Morgan fingerprint density at radius 1 is 1.50 bits per heavy atom. The van der Waals surface area contributed by atoms with E-state index in [2.05, 4.69) is 26.1 Å². The SMILES string of the molecule is C[C@H]1NC1(C)C. The molecule has 0 aromatic heterocycles. The van der Waals surface area contributed by atoms with Gasteiger partial charge in [0.2, 0.25) is 0 Å². The molecule has 0 unspecified atom stereocenters. The van der Waals surface area contributed by atoms with E-state index in [-0.39, 0.29) is 0 Å². The molecule has 0 bridgehead atoms. The molecular formula is C5H11N. The van der Waals surface area contributed by atoms with Crippen LogP contribution in [0.4, 0.5) is 0 Å². The zero-order chi connectivity index (χ0) is 4.78. The van der Waals surface area contributed by atoms with Crippen molar-refractivity contribution >= 4 is 0 Å². The third-order valence-electron chi connectivity index (χ3n) is 1.59. The Morgan fingerprint density at radius 3 is 1.67 bits per heavy atom. The lowest BCUT2D eigenvalue weighted by Gasteiger charge is -1.88. The molecular weight excluding hydrogens is 74.1 g/mol. The van der Waals surface area contributed by atoms with Crippen molar-refractivity contribution in [2.75, 3.05) is 0 Å². The molecule has 0 aromatic carbocycles. The van der Waals surface area contributed by atoms with Crippen LogP contribution in [0, 0.1) is 0 Å². The molecule has 0 amide bonds. The summed E-state index contributed by atoms with van der Waals surface area (Å²) >= 11 is 0. The van der Waals surface area contributed by atoms with Gasteiger partial charge in [0.15, 0.2) is 0 Å². The normalized spacial score (nSPS) is 39.5. The Balaban J connectivity index is 2.41. The zero-order valence-electron chi connectivity index (χ0n) is 4.58. The molecule has 1 saturated heterocycles. The summed E-state index contributed by atoms with van der Waals surface area (Å²) in [6.07, 6.45) is 0. The number of rotatable bonds is 0. The highest BCUT2D eigenvalue weighted by molar-refractivity contribution is 5.04. The molecule has 1 heterocycles. The molecule has 1 fully saturated rings. The zero-order valence-corrected chi connectivity index (χ0v) is 4.58. The van der Waals surface area contributed by atoms with Gasteiger partial charge in [-0.15, -0.1) is 0 Å². The third kappa shape index (κ3) is 0.432. The van der Waals surface area contributed by atoms with Crippen LogP contribution in [0.5, 0.6) is 0 Å². The highest BCUT2D eigenvalue weighted by Gasteiger charge is 2.40. The van der Waals surface area contributed by atoms with Gasteiger partial charge in [0, 0.05) is 11.6 Å². The van der Waals surface area contributed by atoms with Crippen LogP contribution >= 0.6 is 0 Å². The van der Waals surface area contributed by atoms with Crippen molar-refractivity contribution in [3.8, 4) is 0 Å². The Bertz CT molecular complexity index is 66.3. The van der Waals surface area contributed by atoms with Crippen molar-refractivity contribution in [3.05, 3.63) is 0 Å². The van der Waals surface area contributed by atoms with Gasteiger partial charge in [-0.3, -0.25) is 0 Å². The molecule has 0 saturated carbocycles. The van der Waals surface area contributed by atoms with Crippen LogP contribution in [-0.2, 0) is 0 Å². The van der Waals surface area contributed by atoms with Gasteiger partial charge in [0.05, 0.1) is 0 Å². The van der Waals surface area contributed by atoms with E-state index >= 15 is 0 Å². The minimum absolute atomic E-state index is 0.458. The number of nitrogens with one attached hydrogen (secondary N) is 1. The summed E-state index contributed by atoms with van der Waals surface area (Å²) in [7, 11) is 0. The highest BCUT2D eigenvalue weighted by atomic mass is 15.2. The van der Waals surface area contributed by atoms with Crippen molar-refractivity contribution in [2.24, 2.45) is 0 Å². The van der Waals surface area contributed by atoms with Crippen molar-refractivity contribution < 1.29 is 0 Å². The predicted molar refractivity (Wildman–Crippen MR) is 26.7 cm³/mol. The van der Waals surface area contributed by atoms with E-state index in [0.717, 1.165) is 6.04 Å². The molecule has 1 heteroatoms. The first-order chi connectivity index (χ1) is 2.63. The molecule has 1 nitrogen and oxygen atoms in total. The lowest BCUT2D eigenvalue weighted by atomic mass is 10.2. The van der Waals surface area contributed by atoms with E-state index in [4.69, 9.17) is 0 Å². The Labute approximate surface area is 38.7 Å². The van der Waals surface area contributed by atoms with E-state index < -0.39 is 0 Å². The summed E-state index contributed by atoms with van der Waals surface area (Å²) in [6.45, 7) is 6.61. The van der Waals surface area contributed by atoms with Crippen molar-refractivity contribution in [1.29, 1.82) is 0 Å². The maximum absolute atomic E-state index is 3.27. The van der Waals surface area contributed by atoms with Crippen molar-refractivity contribution in [3.63, 3.8) is 0 Å². The quantitative estimate of drug-likeness (QED) is 0.431. The molecule has 0 spiro atoms. The van der Waals surface area contributed by atoms with Crippen LogP contribution < -0.4 is 5.32 Å². The lowest BCUT2D eigenvalue weighted by molar-refractivity contribution is 0.757. The molecule has 0 aromatic rings. The van der Waals surface area contributed by atoms with E-state index in [1.807, 2.05) is 0 Å². The van der Waals surface area contributed by atoms with Gasteiger partial charge in [0.1, 0.15) is 0 Å². The molecule has 6 heavy (non-hydrogen) atoms. The average Bonchev–Trinajstić information content (AvgIpc) is 1.73. The largest absolute Gasteiger partial charge is 0.306 e. The fraction of sp³-hybridized carbons (Fsp3) is 1.00. The second kappa shape index (κ2) is 0.784. The summed E-state index contributed by atoms with van der Waals surface area (Å²) in [5.41, 5.74) is 0.458. The van der Waals surface area contributed by atoms with Gasteiger partial charge in [-0.2, -0.15) is 0 Å². The summed E-state index contributed by atoms with van der Waals surface area (Å²) in [6, 6.07) is 0.748. The summed E-state index contributed by atoms with van der Waals surface area (Å²) in [5, 5.41) is 3.27. The number of hydrogen-bond acceptors (Lipinski definition) is 1. The first kappa shape index (κ1) is 4.13. The lowest BCUT2D eigenvalue weighted by Crippen LogP contribution is -2.00. The first-order valence-electron chi connectivity index (χ1n) is 2.40. The van der Waals surface area contributed by atoms with Crippen LogP contribution in [0.25, 0.3) is 0 Å². The van der Waals surface area contributed by atoms with Crippen molar-refractivity contribution in [1.82, 2.24) is 5.32 Å². The third-order valence-corrected chi connectivity index (χ3v) is 1.59. The van der Waals surface area contributed by atoms with E-state index in [1.54, 1.807) is 0 Å². The standard InChI is InChI=1S/C5H11N/c1-4-5(2,3)6-4/h4,6H,1-3H3/t4-/m1/s1. The van der Waals surface area contributed by atoms with E-state index in [1.165, 1.54) is 0 Å². The van der Waals surface area contributed by atoms with Crippen LogP contribution in [0.15, 0.2) is 0 Å². The van der Waals surface area contributed by atoms with Crippen LogP contribution in [0.1, 0.15) is 20.8 Å². The molecule has 1 rings (SSSR count). The highest BCUT2D eigenvalue weighted by Crippen LogP contribution is 2.22. The summed E-state index contributed by atoms with van der Waals surface area (Å²) in [5.74, 6) is 0. The second-order valence-corrected chi connectivity index (χ2v) is 2.59. The monoisotopic (exact) mass is 85.1 g/mol. The topological polar surface area (TPSA) is 21.9 Å². The minimum Gasteiger partial charge on any atom is -0.306 e. The van der Waals surface area contributed by atoms with Gasteiger partial charge in [-0.05, 0) is 20.8 Å². The molecule has 1 N–H and O–H groups in total. The Hall–Kier alpha value is -0.0400. The smallest absolute Gasteiger partial charge is 0.0278 e. The van der Waals surface area contributed by atoms with E-state index in [9.17, 15) is 0 Å². The van der Waals surface area contributed by atoms with Gasteiger partial charge in [-0.25, -0.2) is 0 Å². The second-order valence-electron chi connectivity index (χ2n) is 2.59. The fourth-order valence-electron chi connectivity index (χ4n) is 0.516. The maximum Gasteiger partial charge on any atom is 0.0278 e. The molecule has 1 aliphatic rings. The maximum atomic E-state index is 3.27. The van der Waals surface area contributed by atoms with Crippen LogP contribution in [0.3, 0.4) is 0 Å². The van der Waals surface area contributed by atoms with E-state index in [0.29, 0.717) is 5.54 Å². The Kier molecular flexibility index (Phi) is 0.539. The molecule has 1 aliphatic heterocycles. The molecule has 0 aliphatic carbocycles. The minimum atomic E-state index is 0.458. The van der Waals surface area contributed by atoms with Gasteiger partial charge >= 0.3 is 0 Å². The van der Waals surface area contributed by atoms with Gasteiger partial charge in [-0.1, -0.05) is 0 Å². The average molecular weight is 85.1 g/mol.